The summed E-state index contributed by atoms with van der Waals surface area (Å²) in [4.78, 5) is 15.5. The summed E-state index contributed by atoms with van der Waals surface area (Å²) in [5.41, 5.74) is 8.23. The Kier molecular flexibility index (Phi) is 4.43. The van der Waals surface area contributed by atoms with Crippen LogP contribution in [0.1, 0.15) is 30.0 Å². The minimum Gasteiger partial charge on any atom is -0.390 e. The van der Waals surface area contributed by atoms with E-state index in [2.05, 4.69) is 25.1 Å². The Morgan fingerprint density at radius 2 is 2.12 bits per heavy atom. The molecule has 4 atom stereocenters. The van der Waals surface area contributed by atoms with Crippen molar-refractivity contribution in [2.24, 2.45) is 5.73 Å². The van der Waals surface area contributed by atoms with Crippen LogP contribution in [0.15, 0.2) is 12.1 Å². The Bertz CT molecular complexity index is 1360. The highest BCUT2D eigenvalue weighted by Crippen LogP contribution is 2.41. The number of halogens is 2. The number of anilines is 1. The largest absolute Gasteiger partial charge is 0.390 e. The molecule has 0 spiro atoms. The van der Waals surface area contributed by atoms with Crippen LogP contribution in [0.2, 0.25) is 0 Å². The maximum absolute atomic E-state index is 15.3. The summed E-state index contributed by atoms with van der Waals surface area (Å²) in [5, 5.41) is 17.9. The number of fused-ring (bicyclic) bond motifs is 4. The first-order valence-corrected chi connectivity index (χ1v) is 11.4. The number of thiazole rings is 1. The van der Waals surface area contributed by atoms with E-state index in [0.29, 0.717) is 51.3 Å². The standard InChI is InChI=1S/C21H21F2N7OS/c1-8-25-12-4-3-10(15(22)19(12)32-8)17-18-20(29-28-17)27-21(13(7-31)26-18)30-9-2-5-14(30)16(23)11(24)6-9/h3-4,9,11,14,16,31H,2,5-7,24H2,1H3,(H,27,28,29)/t9-,11-,14+,16-/m0/s1. The molecule has 11 heteroatoms. The van der Waals surface area contributed by atoms with Gasteiger partial charge in [0.25, 0.3) is 0 Å². The number of aliphatic hydroxyl groups excluding tert-OH is 1. The number of benzene rings is 1. The van der Waals surface area contributed by atoms with Crippen LogP contribution >= 0.6 is 11.3 Å². The van der Waals surface area contributed by atoms with Crippen molar-refractivity contribution in [3.63, 3.8) is 0 Å². The third kappa shape index (κ3) is 2.77. The summed E-state index contributed by atoms with van der Waals surface area (Å²) in [5.74, 6) is 0.0208. The van der Waals surface area contributed by atoms with E-state index in [1.165, 1.54) is 11.3 Å². The maximum atomic E-state index is 15.3. The van der Waals surface area contributed by atoms with Gasteiger partial charge in [-0.25, -0.2) is 23.7 Å². The molecule has 0 radical (unpaired) electrons. The molecule has 1 aromatic carbocycles. The topological polar surface area (TPSA) is 117 Å². The Balaban J connectivity index is 1.49. The predicted octanol–water partition coefficient (Wildman–Crippen LogP) is 2.98. The van der Waals surface area contributed by atoms with E-state index in [0.717, 1.165) is 11.4 Å². The van der Waals surface area contributed by atoms with Gasteiger partial charge >= 0.3 is 0 Å². The fourth-order valence-electron chi connectivity index (χ4n) is 5.14. The molecule has 0 unspecified atom stereocenters. The molecule has 0 aliphatic carbocycles. The normalized spacial score (nSPS) is 25.3. The van der Waals surface area contributed by atoms with Gasteiger partial charge in [-0.05, 0) is 38.3 Å². The lowest BCUT2D eigenvalue weighted by atomic mass is 9.96. The first-order valence-electron chi connectivity index (χ1n) is 10.6. The fourth-order valence-corrected chi connectivity index (χ4v) is 6.00. The number of aromatic amines is 1. The number of piperidine rings is 1. The molecule has 2 aliphatic rings. The van der Waals surface area contributed by atoms with E-state index in [4.69, 9.17) is 5.73 Å². The summed E-state index contributed by atoms with van der Waals surface area (Å²) in [6.45, 7) is 1.45. The average molecular weight is 458 g/mol. The van der Waals surface area contributed by atoms with Gasteiger partial charge < -0.3 is 15.7 Å². The van der Waals surface area contributed by atoms with Crippen molar-refractivity contribution in [2.75, 3.05) is 4.90 Å². The summed E-state index contributed by atoms with van der Waals surface area (Å²) in [7, 11) is 0. The molecule has 5 heterocycles. The fraction of sp³-hybridized carbons (Fsp3) is 0.429. The summed E-state index contributed by atoms with van der Waals surface area (Å²) in [6, 6.07) is 2.55. The second kappa shape index (κ2) is 7.12. The minimum absolute atomic E-state index is 0.0480. The van der Waals surface area contributed by atoms with Crippen LogP contribution < -0.4 is 10.6 Å². The van der Waals surface area contributed by atoms with Gasteiger partial charge in [0, 0.05) is 17.6 Å². The van der Waals surface area contributed by atoms with Crippen LogP contribution in [0.4, 0.5) is 14.6 Å². The first kappa shape index (κ1) is 19.9. The van der Waals surface area contributed by atoms with E-state index >= 15 is 4.39 Å². The second-order valence-corrected chi connectivity index (χ2v) is 9.68. The number of nitrogens with zero attached hydrogens (tertiary/aromatic N) is 5. The molecular formula is C21H21F2N7OS. The van der Waals surface area contributed by atoms with E-state index in [1.807, 2.05) is 11.8 Å². The highest BCUT2D eigenvalue weighted by Gasteiger charge is 2.48. The molecule has 32 heavy (non-hydrogen) atoms. The molecule has 166 valence electrons. The summed E-state index contributed by atoms with van der Waals surface area (Å²) in [6.07, 6.45) is 0.841. The van der Waals surface area contributed by atoms with Crippen molar-refractivity contribution in [3.05, 3.63) is 28.7 Å². The molecule has 2 aliphatic heterocycles. The summed E-state index contributed by atoms with van der Waals surface area (Å²) >= 11 is 1.28. The number of H-pyrrole nitrogens is 1. The molecule has 2 saturated heterocycles. The number of hydrogen-bond donors (Lipinski definition) is 3. The number of rotatable bonds is 3. The minimum atomic E-state index is -1.17. The highest BCUT2D eigenvalue weighted by molar-refractivity contribution is 7.18. The van der Waals surface area contributed by atoms with Gasteiger partial charge in [0.15, 0.2) is 11.6 Å². The lowest BCUT2D eigenvalue weighted by Gasteiger charge is -2.41. The number of hydrogen-bond acceptors (Lipinski definition) is 8. The van der Waals surface area contributed by atoms with Crippen molar-refractivity contribution in [2.45, 2.75) is 57.1 Å². The molecule has 2 fully saturated rings. The Morgan fingerprint density at radius 1 is 1.28 bits per heavy atom. The zero-order chi connectivity index (χ0) is 22.1. The van der Waals surface area contributed by atoms with Crippen LogP contribution in [0, 0.1) is 12.7 Å². The van der Waals surface area contributed by atoms with Crippen LogP contribution in [-0.2, 0) is 6.61 Å². The third-order valence-electron chi connectivity index (χ3n) is 6.57. The second-order valence-electron chi connectivity index (χ2n) is 8.48. The van der Waals surface area contributed by atoms with E-state index in [9.17, 15) is 9.50 Å². The Hall–Kier alpha value is -2.76. The van der Waals surface area contributed by atoms with Crippen LogP contribution in [0.25, 0.3) is 32.6 Å². The third-order valence-corrected chi connectivity index (χ3v) is 7.55. The van der Waals surface area contributed by atoms with E-state index in [1.54, 1.807) is 12.1 Å². The number of aliphatic hydroxyl groups is 1. The zero-order valence-corrected chi connectivity index (χ0v) is 18.0. The van der Waals surface area contributed by atoms with Crippen LogP contribution in [-0.4, -0.2) is 54.6 Å². The number of aromatic nitrogens is 5. The SMILES string of the molecule is Cc1nc2ccc(-c3[nH]nc4nc(N5[C@H]6CC[C@@H]5[C@@H](F)[C@@H](N)C6)c(CO)nc34)c(F)c2s1. The van der Waals surface area contributed by atoms with Gasteiger partial charge in [-0.1, -0.05) is 0 Å². The Labute approximate surface area is 185 Å². The monoisotopic (exact) mass is 457 g/mol. The van der Waals surface area contributed by atoms with E-state index < -0.39 is 24.1 Å². The van der Waals surface area contributed by atoms with E-state index in [-0.39, 0.29) is 18.3 Å². The quantitative estimate of drug-likeness (QED) is 0.433. The number of aryl methyl sites for hydroxylation is 1. The Morgan fingerprint density at radius 3 is 2.94 bits per heavy atom. The molecule has 6 rings (SSSR count). The van der Waals surface area contributed by atoms with Gasteiger partial charge in [0.1, 0.15) is 17.4 Å². The predicted molar refractivity (Wildman–Crippen MR) is 118 cm³/mol. The number of alkyl halides is 1. The molecule has 2 bridgehead atoms. The molecular weight excluding hydrogens is 436 g/mol. The highest BCUT2D eigenvalue weighted by atomic mass is 32.1. The van der Waals surface area contributed by atoms with Crippen molar-refractivity contribution in [1.82, 2.24) is 25.1 Å². The number of nitrogens with one attached hydrogen (secondary N) is 1. The molecule has 3 aromatic heterocycles. The molecule has 0 saturated carbocycles. The van der Waals surface area contributed by atoms with Crippen LogP contribution in [0.5, 0.6) is 0 Å². The number of nitrogens with two attached hydrogens (primary N) is 1. The maximum Gasteiger partial charge on any atom is 0.202 e. The van der Waals surface area contributed by atoms with Crippen molar-refractivity contribution in [1.29, 1.82) is 0 Å². The first-order chi connectivity index (χ1) is 15.5. The zero-order valence-electron chi connectivity index (χ0n) is 17.2. The molecule has 0 amide bonds. The smallest absolute Gasteiger partial charge is 0.202 e. The molecule has 8 nitrogen and oxygen atoms in total. The lowest BCUT2D eigenvalue weighted by Crippen LogP contribution is -2.56. The molecule has 4 N–H and O–H groups in total. The summed E-state index contributed by atoms with van der Waals surface area (Å²) < 4.78 is 30.6. The van der Waals surface area contributed by atoms with Crippen molar-refractivity contribution < 1.29 is 13.9 Å². The van der Waals surface area contributed by atoms with Gasteiger partial charge in [-0.2, -0.15) is 5.10 Å². The van der Waals surface area contributed by atoms with Gasteiger partial charge in [-0.15, -0.1) is 11.3 Å². The molecule has 4 aromatic rings. The van der Waals surface area contributed by atoms with Gasteiger partial charge in [-0.3, -0.25) is 5.10 Å². The van der Waals surface area contributed by atoms with Crippen LogP contribution in [0.3, 0.4) is 0 Å². The van der Waals surface area contributed by atoms with Crippen molar-refractivity contribution >= 4 is 38.5 Å². The van der Waals surface area contributed by atoms with Crippen molar-refractivity contribution in [3.8, 4) is 11.3 Å². The average Bonchev–Trinajstić information content (AvgIpc) is 3.46. The lowest BCUT2D eigenvalue weighted by molar-refractivity contribution is 0.202. The van der Waals surface area contributed by atoms with Gasteiger partial charge in [0.05, 0.1) is 33.6 Å². The van der Waals surface area contributed by atoms with Gasteiger partial charge in [0.2, 0.25) is 5.65 Å².